The van der Waals surface area contributed by atoms with Crippen molar-refractivity contribution in [2.24, 2.45) is 5.73 Å². The zero-order valence-electron chi connectivity index (χ0n) is 9.61. The second kappa shape index (κ2) is 4.99. The van der Waals surface area contributed by atoms with E-state index in [4.69, 9.17) is 5.73 Å². The Labute approximate surface area is 100 Å². The number of carbonyl (C=O) groups is 2. The monoisotopic (exact) mass is 232 g/mol. The average molecular weight is 232 g/mol. The van der Waals surface area contributed by atoms with Gasteiger partial charge in [0.25, 0.3) is 0 Å². The molecule has 2 amide bonds. The first-order valence-corrected chi connectivity index (χ1v) is 5.82. The summed E-state index contributed by atoms with van der Waals surface area (Å²) in [5.41, 5.74) is 7.50. The van der Waals surface area contributed by atoms with Gasteiger partial charge < -0.3 is 11.1 Å². The molecule has 1 aromatic carbocycles. The highest BCUT2D eigenvalue weighted by molar-refractivity contribution is 5.83. The van der Waals surface area contributed by atoms with Gasteiger partial charge in [0.15, 0.2) is 0 Å². The highest BCUT2D eigenvalue weighted by atomic mass is 16.2. The van der Waals surface area contributed by atoms with Crippen molar-refractivity contribution in [1.82, 2.24) is 5.32 Å². The van der Waals surface area contributed by atoms with Crippen LogP contribution in [0.2, 0.25) is 0 Å². The number of hydrogen-bond acceptors (Lipinski definition) is 2. The smallest absolute Gasteiger partial charge is 0.220 e. The lowest BCUT2D eigenvalue weighted by Gasteiger charge is -2.13. The lowest BCUT2D eigenvalue weighted by Crippen LogP contribution is -2.28. The normalized spacial score (nSPS) is 17.5. The van der Waals surface area contributed by atoms with Crippen molar-refractivity contribution >= 4 is 11.8 Å². The summed E-state index contributed by atoms with van der Waals surface area (Å²) in [6, 6.07) is 8.21. The molecule has 0 aromatic heterocycles. The Balaban J connectivity index is 1.93. The van der Waals surface area contributed by atoms with Gasteiger partial charge in [-0.2, -0.15) is 0 Å². The largest absolute Gasteiger partial charge is 0.370 e. The molecule has 0 spiro atoms. The van der Waals surface area contributed by atoms with E-state index >= 15 is 0 Å². The van der Waals surface area contributed by atoms with Crippen LogP contribution in [0.1, 0.15) is 36.4 Å². The summed E-state index contributed by atoms with van der Waals surface area (Å²) in [6.07, 6.45) is 2.22. The third kappa shape index (κ3) is 2.84. The summed E-state index contributed by atoms with van der Waals surface area (Å²) in [5, 5.41) is 2.94. The second-order valence-electron chi connectivity index (χ2n) is 4.32. The first kappa shape index (κ1) is 11.6. The van der Waals surface area contributed by atoms with Gasteiger partial charge in [-0.25, -0.2) is 0 Å². The topological polar surface area (TPSA) is 72.2 Å². The minimum atomic E-state index is -0.438. The van der Waals surface area contributed by atoms with Crippen LogP contribution in [0.5, 0.6) is 0 Å². The minimum absolute atomic E-state index is 0.0894. The number of carbonyl (C=O) groups excluding carboxylic acids is 2. The number of primary amides is 1. The van der Waals surface area contributed by atoms with E-state index in [2.05, 4.69) is 11.4 Å². The van der Waals surface area contributed by atoms with Gasteiger partial charge in [0.1, 0.15) is 0 Å². The molecule has 1 aromatic rings. The van der Waals surface area contributed by atoms with Crippen LogP contribution in [0.15, 0.2) is 24.3 Å². The van der Waals surface area contributed by atoms with E-state index in [1.54, 1.807) is 0 Å². The molecule has 0 aliphatic heterocycles. The standard InChI is InChI=1S/C13H16N2O2/c14-12(16)7-8-13(17)15-11-6-5-9-3-1-2-4-10(9)11/h1-4,11H,5-8H2,(H2,14,16)(H,15,17). The number of hydrogen-bond donors (Lipinski definition) is 2. The maximum absolute atomic E-state index is 11.6. The maximum Gasteiger partial charge on any atom is 0.220 e. The maximum atomic E-state index is 11.6. The molecule has 0 radical (unpaired) electrons. The van der Waals surface area contributed by atoms with Gasteiger partial charge in [-0.05, 0) is 24.0 Å². The van der Waals surface area contributed by atoms with E-state index in [1.165, 1.54) is 11.1 Å². The van der Waals surface area contributed by atoms with Crippen LogP contribution in [0, 0.1) is 0 Å². The van der Waals surface area contributed by atoms with E-state index in [0.717, 1.165) is 12.8 Å². The molecule has 2 rings (SSSR count). The molecule has 1 aliphatic rings. The predicted octanol–water partition coefficient (Wildman–Crippen LogP) is 1.06. The zero-order chi connectivity index (χ0) is 12.3. The van der Waals surface area contributed by atoms with Crippen LogP contribution in [0.25, 0.3) is 0 Å². The lowest BCUT2D eigenvalue weighted by molar-refractivity contribution is -0.125. The number of fused-ring (bicyclic) bond motifs is 1. The average Bonchev–Trinajstić information content (AvgIpc) is 2.70. The minimum Gasteiger partial charge on any atom is -0.370 e. The molecule has 4 heteroatoms. The Morgan fingerprint density at radius 3 is 2.82 bits per heavy atom. The fraction of sp³-hybridized carbons (Fsp3) is 0.385. The third-order valence-electron chi connectivity index (χ3n) is 3.07. The van der Waals surface area contributed by atoms with Crippen molar-refractivity contribution in [2.45, 2.75) is 31.7 Å². The van der Waals surface area contributed by atoms with E-state index in [-0.39, 0.29) is 24.8 Å². The Kier molecular flexibility index (Phi) is 3.42. The molecule has 3 N–H and O–H groups in total. The highest BCUT2D eigenvalue weighted by Gasteiger charge is 2.23. The predicted molar refractivity (Wildman–Crippen MR) is 64.1 cm³/mol. The lowest BCUT2D eigenvalue weighted by atomic mass is 10.1. The summed E-state index contributed by atoms with van der Waals surface area (Å²) in [6.45, 7) is 0. The van der Waals surface area contributed by atoms with Gasteiger partial charge in [-0.1, -0.05) is 24.3 Å². The number of amides is 2. The van der Waals surface area contributed by atoms with Crippen LogP contribution in [-0.4, -0.2) is 11.8 Å². The van der Waals surface area contributed by atoms with Gasteiger partial charge >= 0.3 is 0 Å². The van der Waals surface area contributed by atoms with Gasteiger partial charge in [-0.15, -0.1) is 0 Å². The SMILES string of the molecule is NC(=O)CCC(=O)NC1CCc2ccccc21. The van der Waals surface area contributed by atoms with Crippen molar-refractivity contribution in [3.8, 4) is 0 Å². The molecule has 90 valence electrons. The molecule has 4 nitrogen and oxygen atoms in total. The summed E-state index contributed by atoms with van der Waals surface area (Å²) >= 11 is 0. The summed E-state index contributed by atoms with van der Waals surface area (Å²) in [4.78, 5) is 22.2. The van der Waals surface area contributed by atoms with Gasteiger partial charge in [-0.3, -0.25) is 9.59 Å². The number of rotatable bonds is 4. The van der Waals surface area contributed by atoms with Crippen molar-refractivity contribution < 1.29 is 9.59 Å². The zero-order valence-corrected chi connectivity index (χ0v) is 9.61. The van der Waals surface area contributed by atoms with E-state index in [9.17, 15) is 9.59 Å². The molecule has 1 unspecified atom stereocenters. The van der Waals surface area contributed by atoms with Crippen LogP contribution in [-0.2, 0) is 16.0 Å². The molecule has 1 aliphatic carbocycles. The van der Waals surface area contributed by atoms with Crippen molar-refractivity contribution in [1.29, 1.82) is 0 Å². The highest BCUT2D eigenvalue weighted by Crippen LogP contribution is 2.30. The first-order chi connectivity index (χ1) is 8.16. The Morgan fingerprint density at radius 1 is 1.29 bits per heavy atom. The molecule has 1 atom stereocenters. The van der Waals surface area contributed by atoms with Crippen LogP contribution >= 0.6 is 0 Å². The van der Waals surface area contributed by atoms with E-state index in [0.29, 0.717) is 0 Å². The quantitative estimate of drug-likeness (QED) is 0.814. The fourth-order valence-electron chi connectivity index (χ4n) is 2.21. The molecule has 0 saturated carbocycles. The molecule has 17 heavy (non-hydrogen) atoms. The molecule has 0 fully saturated rings. The van der Waals surface area contributed by atoms with Crippen molar-refractivity contribution in [3.05, 3.63) is 35.4 Å². The van der Waals surface area contributed by atoms with Crippen LogP contribution < -0.4 is 11.1 Å². The summed E-state index contributed by atoms with van der Waals surface area (Å²) < 4.78 is 0. The molecule has 0 bridgehead atoms. The molecule has 0 saturated heterocycles. The third-order valence-corrected chi connectivity index (χ3v) is 3.07. The summed E-state index contributed by atoms with van der Waals surface area (Å²) in [7, 11) is 0. The first-order valence-electron chi connectivity index (χ1n) is 5.82. The number of nitrogens with one attached hydrogen (secondary N) is 1. The second-order valence-corrected chi connectivity index (χ2v) is 4.32. The summed E-state index contributed by atoms with van der Waals surface area (Å²) in [5.74, 6) is -0.544. The van der Waals surface area contributed by atoms with E-state index in [1.807, 2.05) is 18.2 Å². The van der Waals surface area contributed by atoms with Gasteiger partial charge in [0.2, 0.25) is 11.8 Å². The Hall–Kier alpha value is -1.84. The Bertz CT molecular complexity index is 443. The number of benzene rings is 1. The molecular formula is C13H16N2O2. The van der Waals surface area contributed by atoms with Gasteiger partial charge in [0.05, 0.1) is 6.04 Å². The Morgan fingerprint density at radius 2 is 2.06 bits per heavy atom. The number of aryl methyl sites for hydroxylation is 1. The van der Waals surface area contributed by atoms with Crippen LogP contribution in [0.4, 0.5) is 0 Å². The van der Waals surface area contributed by atoms with E-state index < -0.39 is 5.91 Å². The molecule has 0 heterocycles. The fourth-order valence-corrected chi connectivity index (χ4v) is 2.21. The van der Waals surface area contributed by atoms with Crippen molar-refractivity contribution in [3.63, 3.8) is 0 Å². The molecular weight excluding hydrogens is 216 g/mol. The van der Waals surface area contributed by atoms with Gasteiger partial charge in [0, 0.05) is 12.8 Å². The van der Waals surface area contributed by atoms with Crippen LogP contribution in [0.3, 0.4) is 0 Å². The van der Waals surface area contributed by atoms with Crippen molar-refractivity contribution in [2.75, 3.05) is 0 Å². The number of nitrogens with two attached hydrogens (primary N) is 1.